The zero-order valence-corrected chi connectivity index (χ0v) is 21.3. The van der Waals surface area contributed by atoms with Crippen molar-refractivity contribution in [2.75, 3.05) is 20.1 Å². The van der Waals surface area contributed by atoms with Crippen molar-refractivity contribution in [2.45, 2.75) is 6.92 Å². The molecule has 5 aromatic rings. The molecule has 3 aromatic carbocycles. The number of amidine groups is 1. The van der Waals surface area contributed by atoms with Gasteiger partial charge in [0.2, 0.25) is 0 Å². The molecule has 1 N–H and O–H groups in total. The van der Waals surface area contributed by atoms with Gasteiger partial charge in [-0.05, 0) is 43.3 Å². The maximum atomic E-state index is 9.49. The first-order valence-electron chi connectivity index (χ1n) is 12.3. The van der Waals surface area contributed by atoms with Crippen LogP contribution in [0.4, 0.5) is 0 Å². The summed E-state index contributed by atoms with van der Waals surface area (Å²) in [6.45, 7) is 3.45. The molecule has 0 atom stereocenters. The van der Waals surface area contributed by atoms with E-state index < -0.39 is 0 Å². The first kappa shape index (κ1) is 23.9. The van der Waals surface area contributed by atoms with Crippen molar-refractivity contribution in [1.82, 2.24) is 24.8 Å². The van der Waals surface area contributed by atoms with E-state index >= 15 is 0 Å². The Labute approximate surface area is 224 Å². The molecule has 3 heterocycles. The molecule has 1 aliphatic rings. The van der Waals surface area contributed by atoms with Gasteiger partial charge >= 0.3 is 6.01 Å². The van der Waals surface area contributed by atoms with Gasteiger partial charge in [-0.1, -0.05) is 30.3 Å². The molecule has 0 aliphatic carbocycles. The molecule has 192 valence electrons. The molecule has 0 amide bonds. The van der Waals surface area contributed by atoms with Crippen LogP contribution in [-0.2, 0) is 0 Å². The van der Waals surface area contributed by atoms with Crippen LogP contribution in [0.25, 0.3) is 11.2 Å². The lowest BCUT2D eigenvalue weighted by molar-refractivity contribution is 0.395. The summed E-state index contributed by atoms with van der Waals surface area (Å²) in [7, 11) is 2.01. The first-order chi connectivity index (χ1) is 19.1. The van der Waals surface area contributed by atoms with E-state index in [4.69, 9.17) is 14.2 Å². The molecule has 0 radical (unpaired) electrons. The van der Waals surface area contributed by atoms with Crippen LogP contribution in [0.2, 0.25) is 0 Å². The predicted molar refractivity (Wildman–Crippen MR) is 145 cm³/mol. The van der Waals surface area contributed by atoms with Crippen LogP contribution in [0.5, 0.6) is 34.9 Å². The molecule has 39 heavy (non-hydrogen) atoms. The number of fused-ring (bicyclic) bond motifs is 1. The minimum atomic E-state index is 0.0600. The van der Waals surface area contributed by atoms with Gasteiger partial charge in [-0.3, -0.25) is 4.99 Å². The maximum absolute atomic E-state index is 9.49. The Morgan fingerprint density at radius 2 is 1.72 bits per heavy atom. The van der Waals surface area contributed by atoms with E-state index in [0.717, 1.165) is 24.5 Å². The fourth-order valence-corrected chi connectivity index (χ4v) is 4.20. The lowest BCUT2D eigenvalue weighted by atomic mass is 10.2. The van der Waals surface area contributed by atoms with E-state index in [0.29, 0.717) is 45.5 Å². The number of aliphatic imine (C=N–C) groups is 1. The number of nitrogens with zero attached hydrogens (tertiary/aromatic N) is 6. The maximum Gasteiger partial charge on any atom is 0.327 e. The predicted octanol–water partition coefficient (Wildman–Crippen LogP) is 5.60. The van der Waals surface area contributed by atoms with Crippen molar-refractivity contribution in [3.8, 4) is 41.0 Å². The van der Waals surface area contributed by atoms with Crippen LogP contribution in [0.1, 0.15) is 17.0 Å². The molecule has 0 spiro atoms. The van der Waals surface area contributed by atoms with Crippen LogP contribution in [0.15, 0.2) is 77.8 Å². The Kier molecular flexibility index (Phi) is 6.23. The van der Waals surface area contributed by atoms with E-state index in [-0.39, 0.29) is 11.9 Å². The lowest BCUT2D eigenvalue weighted by Gasteiger charge is -2.15. The summed E-state index contributed by atoms with van der Waals surface area (Å²) in [5, 5.41) is 9.49. The number of nitrogens with one attached hydrogen (secondary N) is 1. The summed E-state index contributed by atoms with van der Waals surface area (Å²) >= 11 is 0. The second-order valence-electron chi connectivity index (χ2n) is 8.88. The van der Waals surface area contributed by atoms with Gasteiger partial charge in [-0.15, -0.1) is 0 Å². The number of imidazole rings is 1. The van der Waals surface area contributed by atoms with Gasteiger partial charge in [0.1, 0.15) is 28.7 Å². The van der Waals surface area contributed by atoms with Crippen molar-refractivity contribution in [3.05, 3.63) is 89.7 Å². The number of benzene rings is 3. The summed E-state index contributed by atoms with van der Waals surface area (Å²) in [4.78, 5) is 23.3. The highest BCUT2D eigenvalue weighted by atomic mass is 16.5. The SMILES string of the molecule is Cc1nc2nc(Oc3cccc(C4=NCCN4C)c3)nc(Oc3cc(C#N)ccc3Oc3ccccc3)c2[nH]1. The Bertz CT molecular complexity index is 1740. The van der Waals surface area contributed by atoms with E-state index in [9.17, 15) is 5.26 Å². The van der Waals surface area contributed by atoms with E-state index in [1.807, 2.05) is 68.6 Å². The quantitative estimate of drug-likeness (QED) is 0.296. The van der Waals surface area contributed by atoms with Crippen LogP contribution in [-0.4, -0.2) is 50.8 Å². The molecule has 0 saturated heterocycles. The smallest absolute Gasteiger partial charge is 0.327 e. The van der Waals surface area contributed by atoms with Crippen molar-refractivity contribution < 1.29 is 14.2 Å². The van der Waals surface area contributed by atoms with E-state index in [1.165, 1.54) is 0 Å². The number of nitriles is 1. The monoisotopic (exact) mass is 517 g/mol. The largest absolute Gasteiger partial charge is 0.453 e. The fraction of sp³-hybridized carbons (Fsp3) is 0.138. The number of para-hydroxylation sites is 1. The van der Waals surface area contributed by atoms with Gasteiger partial charge in [-0.25, -0.2) is 4.98 Å². The van der Waals surface area contributed by atoms with Crippen LogP contribution < -0.4 is 14.2 Å². The Balaban J connectivity index is 1.36. The number of rotatable bonds is 7. The molecule has 10 nitrogen and oxygen atoms in total. The van der Waals surface area contributed by atoms with Crippen LogP contribution in [0.3, 0.4) is 0 Å². The third-order valence-corrected chi connectivity index (χ3v) is 6.03. The molecule has 0 unspecified atom stereocenters. The van der Waals surface area contributed by atoms with E-state index in [2.05, 4.69) is 35.9 Å². The lowest BCUT2D eigenvalue weighted by Crippen LogP contribution is -2.23. The number of likely N-dealkylation sites (N-methyl/N-ethyl adjacent to an activating group) is 1. The molecule has 2 aromatic heterocycles. The minimum absolute atomic E-state index is 0.0600. The minimum Gasteiger partial charge on any atom is -0.453 e. The average Bonchev–Trinajstić information content (AvgIpc) is 3.55. The van der Waals surface area contributed by atoms with Gasteiger partial charge in [0.15, 0.2) is 17.1 Å². The van der Waals surface area contributed by atoms with Crippen molar-refractivity contribution >= 4 is 17.0 Å². The normalized spacial score (nSPS) is 12.7. The average molecular weight is 518 g/mol. The first-order valence-corrected chi connectivity index (χ1v) is 12.3. The summed E-state index contributed by atoms with van der Waals surface area (Å²) in [6.07, 6.45) is 0. The number of hydrogen-bond acceptors (Lipinski definition) is 9. The number of aryl methyl sites for hydroxylation is 1. The highest BCUT2D eigenvalue weighted by Gasteiger charge is 2.19. The van der Waals surface area contributed by atoms with Crippen LogP contribution >= 0.6 is 0 Å². The summed E-state index contributed by atoms with van der Waals surface area (Å²) < 4.78 is 18.4. The molecule has 0 bridgehead atoms. The fourth-order valence-electron chi connectivity index (χ4n) is 4.20. The highest BCUT2D eigenvalue weighted by molar-refractivity contribution is 5.99. The van der Waals surface area contributed by atoms with Gasteiger partial charge in [0.25, 0.3) is 5.88 Å². The molecular weight excluding hydrogens is 494 g/mol. The van der Waals surface area contributed by atoms with Crippen LogP contribution in [0, 0.1) is 18.3 Å². The highest BCUT2D eigenvalue weighted by Crippen LogP contribution is 2.37. The molecule has 0 fully saturated rings. The topological polar surface area (TPSA) is 122 Å². The second-order valence-corrected chi connectivity index (χ2v) is 8.88. The summed E-state index contributed by atoms with van der Waals surface area (Å²) in [6, 6.07) is 24.0. The molecular formula is C29H23N7O3. The van der Waals surface area contributed by atoms with Crippen molar-refractivity contribution in [3.63, 3.8) is 0 Å². The van der Waals surface area contributed by atoms with Gasteiger partial charge < -0.3 is 24.1 Å². The number of ether oxygens (including phenoxy) is 3. The van der Waals surface area contributed by atoms with Gasteiger partial charge in [-0.2, -0.15) is 15.2 Å². The second kappa shape index (κ2) is 10.1. The zero-order valence-electron chi connectivity index (χ0n) is 21.3. The molecule has 6 rings (SSSR count). The Hall–Kier alpha value is -5.43. The summed E-state index contributed by atoms with van der Waals surface area (Å²) in [5.74, 6) is 3.62. The van der Waals surface area contributed by atoms with Gasteiger partial charge in [0.05, 0.1) is 18.2 Å². The third kappa shape index (κ3) is 5.06. The number of aromatic nitrogens is 4. The standard InChI is InChI=1S/C29H23N7O3/c1-18-32-25-26(33-18)34-29(38-22-10-6-7-20(16-22)27-31-13-14-36(27)2)35-28(25)39-24-15-19(17-30)11-12-23(24)37-21-8-4-3-5-9-21/h3-12,15-16H,13-14H2,1-2H3,(H,32,33,34,35). The van der Waals surface area contributed by atoms with Crippen molar-refractivity contribution in [1.29, 1.82) is 5.26 Å². The Morgan fingerprint density at radius 3 is 2.51 bits per heavy atom. The molecule has 0 saturated carbocycles. The van der Waals surface area contributed by atoms with E-state index in [1.54, 1.807) is 18.2 Å². The molecule has 10 heteroatoms. The summed E-state index contributed by atoms with van der Waals surface area (Å²) in [5.41, 5.74) is 2.22. The van der Waals surface area contributed by atoms with Gasteiger partial charge in [0, 0.05) is 25.2 Å². The number of H-pyrrole nitrogens is 1. The van der Waals surface area contributed by atoms with Crippen molar-refractivity contribution in [2.24, 2.45) is 4.99 Å². The zero-order chi connectivity index (χ0) is 26.8. The third-order valence-electron chi connectivity index (χ3n) is 6.03. The molecule has 1 aliphatic heterocycles. The Morgan fingerprint density at radius 1 is 0.872 bits per heavy atom. The number of aromatic amines is 1. The number of hydrogen-bond donors (Lipinski definition) is 1.